The Morgan fingerprint density at radius 1 is 1.33 bits per heavy atom. The molecule has 0 aromatic heterocycles. The van der Waals surface area contributed by atoms with E-state index in [1.54, 1.807) is 0 Å². The van der Waals surface area contributed by atoms with Gasteiger partial charge in [0.1, 0.15) is 0 Å². The molecular formula is C9H9NO2. The van der Waals surface area contributed by atoms with Crippen LogP contribution in [0.1, 0.15) is 18.0 Å². The minimum absolute atomic E-state index is 0.0266. The lowest BCUT2D eigenvalue weighted by atomic mass is 10.1. The molecule has 3 nitrogen and oxygen atoms in total. The Balaban J connectivity index is 2.16. The summed E-state index contributed by atoms with van der Waals surface area (Å²) in [5, 5.41) is 0. The van der Waals surface area contributed by atoms with Crippen molar-refractivity contribution in [1.82, 2.24) is 5.48 Å². The van der Waals surface area contributed by atoms with Gasteiger partial charge in [-0.2, -0.15) is 0 Å². The molecule has 0 saturated carbocycles. The molecular weight excluding hydrogens is 154 g/mol. The van der Waals surface area contributed by atoms with Crippen molar-refractivity contribution in [3.8, 4) is 0 Å². The van der Waals surface area contributed by atoms with Crippen molar-refractivity contribution in [2.45, 2.75) is 12.5 Å². The molecule has 0 amide bonds. The lowest BCUT2D eigenvalue weighted by Gasteiger charge is -2.05. The third-order valence-corrected chi connectivity index (χ3v) is 1.89. The Bertz CT molecular complexity index is 284. The predicted octanol–water partition coefficient (Wildman–Crippen LogP) is 1.18. The van der Waals surface area contributed by atoms with E-state index >= 15 is 0 Å². The molecule has 0 bridgehead atoms. The lowest BCUT2D eigenvalue weighted by molar-refractivity contribution is -0.143. The highest BCUT2D eigenvalue weighted by Gasteiger charge is 2.24. The highest BCUT2D eigenvalue weighted by molar-refractivity contribution is 5.71. The molecule has 1 aromatic carbocycles. The van der Waals surface area contributed by atoms with Crippen LogP contribution in [0.4, 0.5) is 0 Å². The molecule has 62 valence electrons. The van der Waals surface area contributed by atoms with Gasteiger partial charge in [0, 0.05) is 0 Å². The maximum atomic E-state index is 10.7. The van der Waals surface area contributed by atoms with E-state index in [4.69, 9.17) is 0 Å². The van der Waals surface area contributed by atoms with Crippen LogP contribution >= 0.6 is 0 Å². The molecule has 0 spiro atoms. The van der Waals surface area contributed by atoms with E-state index in [1.165, 1.54) is 0 Å². The van der Waals surface area contributed by atoms with Gasteiger partial charge in [0.15, 0.2) is 0 Å². The van der Waals surface area contributed by atoms with Crippen LogP contribution in [0.2, 0.25) is 0 Å². The summed E-state index contributed by atoms with van der Waals surface area (Å²) in [6.07, 6.45) is 0.421. The summed E-state index contributed by atoms with van der Waals surface area (Å²) >= 11 is 0. The Morgan fingerprint density at radius 3 is 2.67 bits per heavy atom. The quantitative estimate of drug-likeness (QED) is 0.675. The molecule has 12 heavy (non-hydrogen) atoms. The summed E-state index contributed by atoms with van der Waals surface area (Å²) in [7, 11) is 0. The maximum Gasteiger partial charge on any atom is 0.326 e. The minimum atomic E-state index is -0.191. The summed E-state index contributed by atoms with van der Waals surface area (Å²) in [5.41, 5.74) is 3.76. The smallest absolute Gasteiger partial charge is 0.326 e. The van der Waals surface area contributed by atoms with Gasteiger partial charge in [0.05, 0.1) is 12.5 Å². The molecule has 1 heterocycles. The first-order chi connectivity index (χ1) is 5.86. The summed E-state index contributed by atoms with van der Waals surface area (Å²) in [6.45, 7) is 0. The highest BCUT2D eigenvalue weighted by atomic mass is 16.7. The summed E-state index contributed by atoms with van der Waals surface area (Å²) in [4.78, 5) is 15.4. The Morgan fingerprint density at radius 2 is 2.08 bits per heavy atom. The van der Waals surface area contributed by atoms with Gasteiger partial charge >= 0.3 is 5.97 Å². The molecule has 1 aliphatic rings. The lowest BCUT2D eigenvalue weighted by Crippen LogP contribution is -2.11. The van der Waals surface area contributed by atoms with E-state index in [0.29, 0.717) is 6.42 Å². The minimum Gasteiger partial charge on any atom is -0.370 e. The fourth-order valence-corrected chi connectivity index (χ4v) is 1.26. The highest BCUT2D eigenvalue weighted by Crippen LogP contribution is 2.20. The second-order valence-corrected chi connectivity index (χ2v) is 2.76. The van der Waals surface area contributed by atoms with Crippen LogP contribution in [0.25, 0.3) is 0 Å². The van der Waals surface area contributed by atoms with Crippen molar-refractivity contribution in [3.63, 3.8) is 0 Å². The van der Waals surface area contributed by atoms with Gasteiger partial charge in [-0.25, -0.2) is 0 Å². The maximum absolute atomic E-state index is 10.7. The number of nitrogens with one attached hydrogen (secondary N) is 1. The number of carbonyl (C=O) groups excluding carboxylic acids is 1. The fraction of sp³-hybridized carbons (Fsp3) is 0.222. The molecule has 2 rings (SSSR count). The van der Waals surface area contributed by atoms with Gasteiger partial charge in [-0.05, 0) is 5.56 Å². The molecule has 1 unspecified atom stereocenters. The van der Waals surface area contributed by atoms with Crippen LogP contribution in [-0.2, 0) is 9.63 Å². The second kappa shape index (κ2) is 2.95. The predicted molar refractivity (Wildman–Crippen MR) is 43.0 cm³/mol. The van der Waals surface area contributed by atoms with Gasteiger partial charge < -0.3 is 4.84 Å². The normalized spacial score (nSPS) is 22.3. The van der Waals surface area contributed by atoms with Crippen molar-refractivity contribution < 1.29 is 9.63 Å². The molecule has 1 saturated heterocycles. The zero-order valence-corrected chi connectivity index (χ0v) is 6.49. The van der Waals surface area contributed by atoms with Crippen molar-refractivity contribution >= 4 is 5.97 Å². The van der Waals surface area contributed by atoms with Crippen molar-refractivity contribution in [2.24, 2.45) is 0 Å². The first-order valence-electron chi connectivity index (χ1n) is 3.86. The average molecular weight is 163 g/mol. The van der Waals surface area contributed by atoms with E-state index in [2.05, 4.69) is 10.3 Å². The van der Waals surface area contributed by atoms with Gasteiger partial charge in [0.2, 0.25) is 0 Å². The molecule has 0 radical (unpaired) electrons. The number of hydroxylamine groups is 1. The molecule has 1 fully saturated rings. The van der Waals surface area contributed by atoms with Crippen LogP contribution in [0.5, 0.6) is 0 Å². The average Bonchev–Trinajstić information content (AvgIpc) is 2.54. The molecule has 1 N–H and O–H groups in total. The van der Waals surface area contributed by atoms with E-state index in [0.717, 1.165) is 5.56 Å². The van der Waals surface area contributed by atoms with E-state index < -0.39 is 0 Å². The summed E-state index contributed by atoms with van der Waals surface area (Å²) < 4.78 is 0. The third-order valence-electron chi connectivity index (χ3n) is 1.89. The number of hydrogen-bond donors (Lipinski definition) is 1. The van der Waals surface area contributed by atoms with Gasteiger partial charge in [-0.15, -0.1) is 5.48 Å². The van der Waals surface area contributed by atoms with Crippen LogP contribution in [0, 0.1) is 0 Å². The first kappa shape index (κ1) is 7.31. The standard InChI is InChI=1S/C9H9NO2/c11-9-6-8(10-12-9)7-4-2-1-3-5-7/h1-5,8,10H,6H2. The third kappa shape index (κ3) is 1.31. The number of hydrogen-bond acceptors (Lipinski definition) is 3. The van der Waals surface area contributed by atoms with Crippen molar-refractivity contribution in [3.05, 3.63) is 35.9 Å². The second-order valence-electron chi connectivity index (χ2n) is 2.76. The molecule has 3 heteroatoms. The van der Waals surface area contributed by atoms with E-state index in [-0.39, 0.29) is 12.0 Å². The fourth-order valence-electron chi connectivity index (χ4n) is 1.26. The van der Waals surface area contributed by atoms with Crippen LogP contribution in [-0.4, -0.2) is 5.97 Å². The SMILES string of the molecule is O=C1CC(c2ccccc2)NO1. The number of benzene rings is 1. The summed E-state index contributed by atoms with van der Waals surface area (Å²) in [6, 6.07) is 9.80. The zero-order chi connectivity index (χ0) is 8.39. The molecule has 1 atom stereocenters. The van der Waals surface area contributed by atoms with Gasteiger partial charge in [-0.1, -0.05) is 30.3 Å². The topological polar surface area (TPSA) is 38.3 Å². The first-order valence-corrected chi connectivity index (χ1v) is 3.86. The van der Waals surface area contributed by atoms with Crippen LogP contribution in [0.15, 0.2) is 30.3 Å². The molecule has 1 aliphatic heterocycles. The van der Waals surface area contributed by atoms with Gasteiger partial charge in [0.25, 0.3) is 0 Å². The largest absolute Gasteiger partial charge is 0.370 e. The van der Waals surface area contributed by atoms with Crippen LogP contribution < -0.4 is 5.48 Å². The molecule has 1 aromatic rings. The van der Waals surface area contributed by atoms with E-state index in [1.807, 2.05) is 30.3 Å². The van der Waals surface area contributed by atoms with Crippen LogP contribution in [0.3, 0.4) is 0 Å². The van der Waals surface area contributed by atoms with Crippen molar-refractivity contribution in [2.75, 3.05) is 0 Å². The Hall–Kier alpha value is -1.35. The zero-order valence-electron chi connectivity index (χ0n) is 6.49. The van der Waals surface area contributed by atoms with Crippen molar-refractivity contribution in [1.29, 1.82) is 0 Å². The van der Waals surface area contributed by atoms with E-state index in [9.17, 15) is 4.79 Å². The monoisotopic (exact) mass is 163 g/mol. The Labute approximate surface area is 70.3 Å². The molecule has 0 aliphatic carbocycles. The number of carbonyl (C=O) groups is 1. The Kier molecular flexibility index (Phi) is 1.80. The van der Waals surface area contributed by atoms with Gasteiger partial charge in [-0.3, -0.25) is 4.79 Å². The number of rotatable bonds is 1. The summed E-state index contributed by atoms with van der Waals surface area (Å²) in [5.74, 6) is -0.191.